The zero-order valence-corrected chi connectivity index (χ0v) is 13.2. The van der Waals surface area contributed by atoms with Crippen LogP contribution in [0.25, 0.3) is 11.3 Å². The largest absolute Gasteiger partial charge is 0.454 e. The molecule has 4 rings (SSSR count). The monoisotopic (exact) mass is 320 g/mol. The van der Waals surface area contributed by atoms with Crippen LogP contribution < -0.4 is 15.0 Å². The Balaban J connectivity index is 1.75. The van der Waals surface area contributed by atoms with Crippen LogP contribution in [0.4, 0.5) is 0 Å². The second-order valence-electron chi connectivity index (χ2n) is 5.66. The maximum atomic E-state index is 12.3. The van der Waals surface area contributed by atoms with Crippen LogP contribution >= 0.6 is 0 Å². The fourth-order valence-corrected chi connectivity index (χ4v) is 2.79. The lowest BCUT2D eigenvalue weighted by Gasteiger charge is -2.15. The predicted molar refractivity (Wildman–Crippen MR) is 90.3 cm³/mol. The number of nitrogens with zero attached hydrogens (tertiary/aromatic N) is 2. The summed E-state index contributed by atoms with van der Waals surface area (Å²) in [7, 11) is 0. The second-order valence-corrected chi connectivity index (χ2v) is 5.66. The number of fused-ring (bicyclic) bond motifs is 1. The van der Waals surface area contributed by atoms with Crippen molar-refractivity contribution in [3.8, 4) is 22.8 Å². The summed E-state index contributed by atoms with van der Waals surface area (Å²) in [4.78, 5) is 12.3. The van der Waals surface area contributed by atoms with Gasteiger partial charge in [0.05, 0.1) is 11.7 Å². The number of rotatable bonds is 3. The van der Waals surface area contributed by atoms with Gasteiger partial charge in [-0.1, -0.05) is 30.3 Å². The van der Waals surface area contributed by atoms with Crippen molar-refractivity contribution in [1.82, 2.24) is 9.78 Å². The van der Waals surface area contributed by atoms with Crippen LogP contribution in [0.15, 0.2) is 65.5 Å². The van der Waals surface area contributed by atoms with Crippen LogP contribution in [-0.4, -0.2) is 16.6 Å². The van der Waals surface area contributed by atoms with E-state index >= 15 is 0 Å². The van der Waals surface area contributed by atoms with Crippen molar-refractivity contribution in [3.05, 3.63) is 76.6 Å². The molecule has 0 aliphatic carbocycles. The molecule has 5 nitrogen and oxygen atoms in total. The highest BCUT2D eigenvalue weighted by Gasteiger charge is 2.16. The van der Waals surface area contributed by atoms with Crippen LogP contribution in [0.2, 0.25) is 0 Å². The van der Waals surface area contributed by atoms with E-state index < -0.39 is 0 Å². The van der Waals surface area contributed by atoms with E-state index in [9.17, 15) is 4.79 Å². The van der Waals surface area contributed by atoms with Gasteiger partial charge in [0.15, 0.2) is 11.5 Å². The van der Waals surface area contributed by atoms with Crippen molar-refractivity contribution in [1.29, 1.82) is 0 Å². The third-order valence-corrected chi connectivity index (χ3v) is 4.14. The molecule has 5 heteroatoms. The fraction of sp³-hybridized carbons (Fsp3) is 0.158. The Labute approximate surface area is 139 Å². The summed E-state index contributed by atoms with van der Waals surface area (Å²) in [5.41, 5.74) is 2.51. The summed E-state index contributed by atoms with van der Waals surface area (Å²) in [5.74, 6) is 1.42. The van der Waals surface area contributed by atoms with Crippen molar-refractivity contribution in [2.24, 2.45) is 0 Å². The highest BCUT2D eigenvalue weighted by molar-refractivity contribution is 5.63. The Morgan fingerprint density at radius 1 is 1.00 bits per heavy atom. The number of hydrogen-bond donors (Lipinski definition) is 0. The van der Waals surface area contributed by atoms with Gasteiger partial charge < -0.3 is 9.47 Å². The van der Waals surface area contributed by atoms with E-state index in [2.05, 4.69) is 5.10 Å². The van der Waals surface area contributed by atoms with Crippen LogP contribution in [0.1, 0.15) is 18.5 Å². The molecule has 0 spiro atoms. The van der Waals surface area contributed by atoms with E-state index in [1.54, 1.807) is 12.1 Å². The highest BCUT2D eigenvalue weighted by Crippen LogP contribution is 2.35. The minimum absolute atomic E-state index is 0.129. The Kier molecular flexibility index (Phi) is 3.54. The molecule has 1 aliphatic rings. The Morgan fingerprint density at radius 3 is 2.62 bits per heavy atom. The molecule has 1 atom stereocenters. The summed E-state index contributed by atoms with van der Waals surface area (Å²) in [5, 5.41) is 4.55. The SMILES string of the molecule is CC(c1ccccc1)n1nc(-c2ccc3c(c2)OCO3)ccc1=O. The van der Waals surface area contributed by atoms with Gasteiger partial charge in [0.1, 0.15) is 0 Å². The summed E-state index contributed by atoms with van der Waals surface area (Å²) < 4.78 is 12.3. The van der Waals surface area contributed by atoms with Gasteiger partial charge in [-0.05, 0) is 36.8 Å². The lowest BCUT2D eigenvalue weighted by Crippen LogP contribution is -2.26. The predicted octanol–water partition coefficient (Wildman–Crippen LogP) is 3.25. The number of ether oxygens (including phenoxy) is 2. The standard InChI is InChI=1S/C19H16N2O3/c1-13(14-5-3-2-4-6-14)21-19(22)10-8-16(20-21)15-7-9-17-18(11-15)24-12-23-17/h2-11,13H,12H2,1H3. The minimum atomic E-state index is -0.146. The molecule has 2 aromatic carbocycles. The number of aromatic nitrogens is 2. The van der Waals surface area contributed by atoms with Crippen molar-refractivity contribution < 1.29 is 9.47 Å². The highest BCUT2D eigenvalue weighted by atomic mass is 16.7. The third-order valence-electron chi connectivity index (χ3n) is 4.14. The van der Waals surface area contributed by atoms with Gasteiger partial charge in [0, 0.05) is 11.6 Å². The molecule has 0 saturated carbocycles. The minimum Gasteiger partial charge on any atom is -0.454 e. The number of benzene rings is 2. The van der Waals surface area contributed by atoms with Crippen molar-refractivity contribution in [3.63, 3.8) is 0 Å². The van der Waals surface area contributed by atoms with Crippen molar-refractivity contribution in [2.75, 3.05) is 6.79 Å². The van der Waals surface area contributed by atoms with Gasteiger partial charge in [-0.3, -0.25) is 4.79 Å². The van der Waals surface area contributed by atoms with Gasteiger partial charge in [-0.25, -0.2) is 4.68 Å². The normalized spacial score (nSPS) is 13.7. The third kappa shape index (κ3) is 2.54. The molecule has 0 amide bonds. The molecule has 0 fully saturated rings. The second kappa shape index (κ2) is 5.85. The first kappa shape index (κ1) is 14.5. The maximum Gasteiger partial charge on any atom is 0.267 e. The molecule has 0 saturated heterocycles. The molecular formula is C19H16N2O3. The van der Waals surface area contributed by atoms with Crippen LogP contribution in [0.3, 0.4) is 0 Å². The van der Waals surface area contributed by atoms with Crippen molar-refractivity contribution in [2.45, 2.75) is 13.0 Å². The first-order valence-electron chi connectivity index (χ1n) is 7.77. The van der Waals surface area contributed by atoms with E-state index in [1.807, 2.05) is 55.5 Å². The quantitative estimate of drug-likeness (QED) is 0.743. The average molecular weight is 320 g/mol. The first-order chi connectivity index (χ1) is 11.7. The van der Waals surface area contributed by atoms with E-state index in [-0.39, 0.29) is 18.4 Å². The van der Waals surface area contributed by atoms with E-state index in [0.29, 0.717) is 5.75 Å². The maximum absolute atomic E-state index is 12.3. The summed E-state index contributed by atoms with van der Waals surface area (Å²) >= 11 is 0. The molecule has 24 heavy (non-hydrogen) atoms. The van der Waals surface area contributed by atoms with Crippen LogP contribution in [0.5, 0.6) is 11.5 Å². The Hall–Kier alpha value is -3.08. The topological polar surface area (TPSA) is 53.4 Å². The van der Waals surface area contributed by atoms with E-state index in [1.165, 1.54) is 4.68 Å². The fourth-order valence-electron chi connectivity index (χ4n) is 2.79. The molecule has 2 heterocycles. The number of hydrogen-bond acceptors (Lipinski definition) is 4. The average Bonchev–Trinajstić information content (AvgIpc) is 3.10. The van der Waals surface area contributed by atoms with Gasteiger partial charge in [0.2, 0.25) is 6.79 Å². The zero-order valence-electron chi connectivity index (χ0n) is 13.2. The molecule has 3 aromatic rings. The van der Waals surface area contributed by atoms with Crippen molar-refractivity contribution >= 4 is 0 Å². The zero-order chi connectivity index (χ0) is 16.5. The molecule has 1 aliphatic heterocycles. The van der Waals surface area contributed by atoms with Gasteiger partial charge in [-0.2, -0.15) is 5.10 Å². The van der Waals surface area contributed by atoms with Gasteiger partial charge >= 0.3 is 0 Å². The van der Waals surface area contributed by atoms with E-state index in [0.717, 1.165) is 22.6 Å². The Morgan fingerprint density at radius 2 is 1.79 bits per heavy atom. The van der Waals surface area contributed by atoms with Crippen LogP contribution in [0, 0.1) is 0 Å². The Bertz CT molecular complexity index is 935. The van der Waals surface area contributed by atoms with E-state index in [4.69, 9.17) is 9.47 Å². The summed E-state index contributed by atoms with van der Waals surface area (Å²) in [6.45, 7) is 2.20. The van der Waals surface area contributed by atoms with Crippen LogP contribution in [-0.2, 0) is 0 Å². The first-order valence-corrected chi connectivity index (χ1v) is 7.77. The molecule has 0 N–H and O–H groups in total. The molecule has 1 unspecified atom stereocenters. The molecule has 120 valence electrons. The molecule has 0 radical (unpaired) electrons. The summed E-state index contributed by atoms with van der Waals surface area (Å²) in [6, 6.07) is 18.6. The molecule has 0 bridgehead atoms. The lowest BCUT2D eigenvalue weighted by molar-refractivity contribution is 0.174. The van der Waals surface area contributed by atoms with Gasteiger partial charge in [-0.15, -0.1) is 0 Å². The smallest absolute Gasteiger partial charge is 0.267 e. The molecular weight excluding hydrogens is 304 g/mol. The van der Waals surface area contributed by atoms with Gasteiger partial charge in [0.25, 0.3) is 5.56 Å². The lowest BCUT2D eigenvalue weighted by atomic mass is 10.1. The summed E-state index contributed by atoms with van der Waals surface area (Å²) in [6.07, 6.45) is 0. The molecule has 1 aromatic heterocycles.